The summed E-state index contributed by atoms with van der Waals surface area (Å²) in [5, 5.41) is 11.1. The molecule has 2 aliphatic heterocycles. The van der Waals surface area contributed by atoms with Gasteiger partial charge < -0.3 is 24.7 Å². The maximum Gasteiger partial charge on any atom is 0.417 e. The van der Waals surface area contributed by atoms with Crippen LogP contribution in [0, 0.1) is 18.2 Å². The van der Waals surface area contributed by atoms with Crippen molar-refractivity contribution in [3.05, 3.63) is 66.5 Å². The maximum absolute atomic E-state index is 17.0. The van der Waals surface area contributed by atoms with Crippen LogP contribution in [0.3, 0.4) is 0 Å². The van der Waals surface area contributed by atoms with Gasteiger partial charge in [-0.3, -0.25) is 4.79 Å². The molecular weight excluding hydrogens is 600 g/mol. The van der Waals surface area contributed by atoms with E-state index in [-0.39, 0.29) is 59.0 Å². The first-order chi connectivity index (χ1) is 21.8. The number of rotatable bonds is 5. The fourth-order valence-electron chi connectivity index (χ4n) is 6.27. The van der Waals surface area contributed by atoms with Crippen molar-refractivity contribution in [2.24, 2.45) is 0 Å². The minimum atomic E-state index is -4.99. The molecule has 3 heterocycles. The van der Waals surface area contributed by atoms with Crippen LogP contribution in [0.2, 0.25) is 0 Å². The Balaban J connectivity index is 1.63. The van der Waals surface area contributed by atoms with Crippen LogP contribution in [0.15, 0.2) is 55.1 Å². The highest BCUT2D eigenvalue weighted by atomic mass is 19.4. The van der Waals surface area contributed by atoms with Gasteiger partial charge in [-0.2, -0.15) is 18.2 Å². The number of anilines is 2. The van der Waals surface area contributed by atoms with Crippen molar-refractivity contribution in [1.29, 1.82) is 0 Å². The van der Waals surface area contributed by atoms with E-state index in [0.29, 0.717) is 23.9 Å². The number of hydrogen-bond acceptors (Lipinski definition) is 7. The molecule has 1 amide bonds. The molecule has 4 aromatic rings. The molecule has 2 fully saturated rings. The van der Waals surface area contributed by atoms with Crippen LogP contribution in [0.4, 0.5) is 29.3 Å². The van der Waals surface area contributed by atoms with E-state index in [1.807, 2.05) is 23.9 Å². The van der Waals surface area contributed by atoms with Crippen molar-refractivity contribution in [3.63, 3.8) is 0 Å². The Kier molecular flexibility index (Phi) is 7.76. The molecule has 46 heavy (non-hydrogen) atoms. The number of hydrogen-bond donors (Lipinski definition) is 1. The molecule has 8 nitrogen and oxygen atoms in total. The minimum Gasteiger partial charge on any atom is -0.508 e. The predicted molar refractivity (Wildman–Crippen MR) is 170 cm³/mol. The van der Waals surface area contributed by atoms with Crippen molar-refractivity contribution < 1.29 is 27.5 Å². The summed E-state index contributed by atoms with van der Waals surface area (Å²) in [7, 11) is 3.86. The first-order valence-electron chi connectivity index (χ1n) is 14.7. The zero-order chi connectivity index (χ0) is 33.1. The molecular formula is C34H32F4N6O2. The lowest BCUT2D eigenvalue weighted by Gasteiger charge is -2.45. The van der Waals surface area contributed by atoms with Gasteiger partial charge in [-0.05, 0) is 61.6 Å². The monoisotopic (exact) mass is 632 g/mol. The quantitative estimate of drug-likeness (QED) is 0.182. The van der Waals surface area contributed by atoms with Crippen LogP contribution in [0.25, 0.3) is 32.8 Å². The van der Waals surface area contributed by atoms with E-state index in [0.717, 1.165) is 12.1 Å². The number of fused-ring (bicyclic) bond motifs is 2. The maximum atomic E-state index is 17.0. The highest BCUT2D eigenvalue weighted by molar-refractivity contribution is 6.03. The lowest BCUT2D eigenvalue weighted by molar-refractivity contribution is -0.137. The number of aromatic nitrogens is 2. The van der Waals surface area contributed by atoms with Gasteiger partial charge in [0, 0.05) is 42.7 Å². The number of halogens is 4. The van der Waals surface area contributed by atoms with Gasteiger partial charge in [0.05, 0.1) is 12.1 Å². The fourth-order valence-corrected chi connectivity index (χ4v) is 6.27. The lowest BCUT2D eigenvalue weighted by Crippen LogP contribution is -2.59. The smallest absolute Gasteiger partial charge is 0.417 e. The third kappa shape index (κ3) is 5.24. The Morgan fingerprint density at radius 1 is 1.11 bits per heavy atom. The summed E-state index contributed by atoms with van der Waals surface area (Å²) in [6, 6.07) is 8.93. The summed E-state index contributed by atoms with van der Waals surface area (Å²) in [4.78, 5) is 28.9. The largest absolute Gasteiger partial charge is 0.508 e. The summed E-state index contributed by atoms with van der Waals surface area (Å²) in [5.41, 5.74) is -2.39. The number of nitrogens with zero attached hydrogens (tertiary/aromatic N) is 6. The predicted octanol–water partition coefficient (Wildman–Crippen LogP) is 5.29. The summed E-state index contributed by atoms with van der Waals surface area (Å²) >= 11 is 0. The Morgan fingerprint density at radius 3 is 2.48 bits per heavy atom. The SMILES string of the molecule is C#C[C@H]1CN(C(=O)C=C)[C@H](C)CN1c1nc(N2CC(N(C)C)C2)nc2c(F)c(-c3cc(O)cc4ccccc34)c(C(F)(F)F)cc12. The molecule has 0 radical (unpaired) electrons. The van der Waals surface area contributed by atoms with Gasteiger partial charge in [0.25, 0.3) is 0 Å². The van der Waals surface area contributed by atoms with Crippen molar-refractivity contribution in [1.82, 2.24) is 19.8 Å². The molecule has 0 aliphatic carbocycles. The van der Waals surface area contributed by atoms with Crippen LogP contribution in [-0.2, 0) is 11.0 Å². The van der Waals surface area contributed by atoms with E-state index in [9.17, 15) is 23.1 Å². The molecule has 0 unspecified atom stereocenters. The van der Waals surface area contributed by atoms with Crippen molar-refractivity contribution in [2.75, 3.05) is 50.1 Å². The molecule has 3 aromatic carbocycles. The van der Waals surface area contributed by atoms with Gasteiger partial charge in [0.1, 0.15) is 23.1 Å². The normalized spacial score (nSPS) is 19.1. The van der Waals surface area contributed by atoms with Gasteiger partial charge in [0.15, 0.2) is 5.82 Å². The van der Waals surface area contributed by atoms with E-state index in [2.05, 4.69) is 17.5 Å². The molecule has 0 bridgehead atoms. The Labute approximate surface area is 263 Å². The molecule has 6 rings (SSSR count). The van der Waals surface area contributed by atoms with E-state index in [1.54, 1.807) is 41.0 Å². The zero-order valence-electron chi connectivity index (χ0n) is 25.5. The number of piperazine rings is 1. The summed E-state index contributed by atoms with van der Waals surface area (Å²) < 4.78 is 61.7. The molecule has 1 aromatic heterocycles. The average Bonchev–Trinajstić information content (AvgIpc) is 2.98. The standard InChI is InChI=1S/C34H32F4N6O2/c1-6-21-18-43(28(46)7-2)19(3)15-44(21)32-26-14-27(34(36,37)38)29(25-13-23(45)12-20-10-8-9-11-24(20)25)30(35)31(26)39-33(40-32)42-16-22(17-42)41(4)5/h1,7-14,19,21-22,45H,2,15-18H2,3-5H3/t19-,21+/m1/s1. The number of amides is 1. The Morgan fingerprint density at radius 2 is 1.83 bits per heavy atom. The van der Waals surface area contributed by atoms with Crippen molar-refractivity contribution in [2.45, 2.75) is 31.2 Å². The molecule has 2 saturated heterocycles. The highest BCUT2D eigenvalue weighted by Crippen LogP contribution is 2.46. The van der Waals surface area contributed by atoms with Gasteiger partial charge in [0.2, 0.25) is 11.9 Å². The van der Waals surface area contributed by atoms with E-state index >= 15 is 4.39 Å². The number of alkyl halides is 3. The second kappa shape index (κ2) is 11.5. The van der Waals surface area contributed by atoms with E-state index in [4.69, 9.17) is 11.4 Å². The lowest BCUT2D eigenvalue weighted by atomic mass is 9.91. The fraction of sp³-hybridized carbons (Fsp3) is 0.324. The second-order valence-corrected chi connectivity index (χ2v) is 12.0. The Bertz CT molecular complexity index is 1910. The number of carbonyl (C=O) groups is 1. The topological polar surface area (TPSA) is 76.0 Å². The number of phenols is 1. The molecule has 12 heteroatoms. The van der Waals surface area contributed by atoms with Crippen LogP contribution in [0.1, 0.15) is 12.5 Å². The summed E-state index contributed by atoms with van der Waals surface area (Å²) in [6.07, 6.45) is 2.11. The average molecular weight is 633 g/mol. The first-order valence-corrected chi connectivity index (χ1v) is 14.7. The number of terminal acetylenes is 1. The van der Waals surface area contributed by atoms with Crippen LogP contribution >= 0.6 is 0 Å². The number of likely N-dealkylation sites (N-methyl/N-ethyl adjacent to an activating group) is 1. The van der Waals surface area contributed by atoms with E-state index in [1.165, 1.54) is 12.1 Å². The van der Waals surface area contributed by atoms with Crippen molar-refractivity contribution in [3.8, 4) is 29.2 Å². The van der Waals surface area contributed by atoms with Gasteiger partial charge in [-0.1, -0.05) is 36.8 Å². The highest BCUT2D eigenvalue weighted by Gasteiger charge is 2.40. The molecule has 1 N–H and O–H groups in total. The number of carbonyl (C=O) groups excluding carboxylic acids is 1. The number of benzene rings is 3. The van der Waals surface area contributed by atoms with Gasteiger partial charge in [-0.15, -0.1) is 6.42 Å². The molecule has 238 valence electrons. The molecule has 2 aliphatic rings. The Hall–Kier alpha value is -4.89. The molecule has 0 saturated carbocycles. The minimum absolute atomic E-state index is 0.0468. The third-order valence-electron chi connectivity index (χ3n) is 8.86. The van der Waals surface area contributed by atoms with Crippen LogP contribution < -0.4 is 9.80 Å². The summed E-state index contributed by atoms with van der Waals surface area (Å²) in [5.74, 6) is 1.01. The van der Waals surface area contributed by atoms with Gasteiger partial charge >= 0.3 is 6.18 Å². The van der Waals surface area contributed by atoms with Crippen LogP contribution in [0.5, 0.6) is 5.75 Å². The number of aromatic hydroxyl groups is 1. The second-order valence-electron chi connectivity index (χ2n) is 12.0. The first kappa shape index (κ1) is 31.1. The van der Waals surface area contributed by atoms with Crippen molar-refractivity contribution >= 4 is 39.3 Å². The molecule has 2 atom stereocenters. The van der Waals surface area contributed by atoms with Gasteiger partial charge in [-0.25, -0.2) is 9.37 Å². The molecule has 0 spiro atoms. The van der Waals surface area contributed by atoms with E-state index < -0.39 is 35.2 Å². The summed E-state index contributed by atoms with van der Waals surface area (Å²) in [6.45, 7) is 6.59. The third-order valence-corrected chi connectivity index (χ3v) is 8.86. The zero-order valence-corrected chi connectivity index (χ0v) is 25.5. The van der Waals surface area contributed by atoms with Crippen LogP contribution in [-0.4, -0.2) is 89.2 Å². The number of phenolic OH excluding ortho intramolecular Hbond substituents is 1.